The summed E-state index contributed by atoms with van der Waals surface area (Å²) in [6.45, 7) is 2.10. The van der Waals surface area contributed by atoms with Crippen LogP contribution in [-0.4, -0.2) is 30.8 Å². The highest BCUT2D eigenvalue weighted by Crippen LogP contribution is 2.26. The first kappa shape index (κ1) is 14.5. The Kier molecular flexibility index (Phi) is 4.70. The van der Waals surface area contributed by atoms with Crippen LogP contribution in [0.25, 0.3) is 0 Å². The highest BCUT2D eigenvalue weighted by molar-refractivity contribution is 6.01. The van der Waals surface area contributed by atoms with E-state index >= 15 is 0 Å². The van der Waals surface area contributed by atoms with Crippen LogP contribution < -0.4 is 0 Å². The maximum atomic E-state index is 12.9. The van der Waals surface area contributed by atoms with E-state index in [2.05, 4.69) is 11.8 Å². The average Bonchev–Trinajstić information content (AvgIpc) is 2.49. The fourth-order valence-electron chi connectivity index (χ4n) is 2.39. The molecule has 0 aliphatic carbocycles. The summed E-state index contributed by atoms with van der Waals surface area (Å²) >= 11 is 0. The molecule has 0 N–H and O–H groups in total. The molecule has 0 aromatic heterocycles. The number of rotatable bonds is 5. The van der Waals surface area contributed by atoms with Gasteiger partial charge in [-0.2, -0.15) is 0 Å². The minimum absolute atomic E-state index is 0.144. The molecule has 0 radical (unpaired) electrons. The summed E-state index contributed by atoms with van der Waals surface area (Å²) in [5, 5.41) is 0. The Morgan fingerprint density at radius 3 is 1.90 bits per heavy atom. The number of carbonyl (C=O) groups is 1. The lowest BCUT2D eigenvalue weighted by Gasteiger charge is -2.28. The van der Waals surface area contributed by atoms with Crippen molar-refractivity contribution in [3.05, 3.63) is 71.8 Å². The van der Waals surface area contributed by atoms with Crippen molar-refractivity contribution < 1.29 is 4.79 Å². The molecule has 2 heteroatoms. The Labute approximate surface area is 121 Å². The van der Waals surface area contributed by atoms with Gasteiger partial charge in [0.25, 0.3) is 0 Å². The molecule has 2 atom stereocenters. The summed E-state index contributed by atoms with van der Waals surface area (Å²) in [5.41, 5.74) is 1.85. The van der Waals surface area contributed by atoms with E-state index in [1.807, 2.05) is 74.8 Å². The first-order valence-corrected chi connectivity index (χ1v) is 6.92. The van der Waals surface area contributed by atoms with Crippen molar-refractivity contribution in [3.8, 4) is 0 Å². The van der Waals surface area contributed by atoms with Crippen LogP contribution in [0.15, 0.2) is 60.7 Å². The van der Waals surface area contributed by atoms with Crippen LogP contribution in [0.4, 0.5) is 0 Å². The molecule has 0 unspecified atom stereocenters. The largest absolute Gasteiger partial charge is 0.306 e. The highest BCUT2D eigenvalue weighted by atomic mass is 16.1. The Hall–Kier alpha value is -1.93. The third-order valence-electron chi connectivity index (χ3n) is 3.80. The van der Waals surface area contributed by atoms with Crippen LogP contribution in [0, 0.1) is 0 Å². The van der Waals surface area contributed by atoms with Gasteiger partial charge in [-0.05, 0) is 26.6 Å². The number of likely N-dealkylation sites (N-methyl/N-ethyl adjacent to an activating group) is 1. The summed E-state index contributed by atoms with van der Waals surface area (Å²) in [7, 11) is 4.03. The molecule has 0 fully saturated rings. The van der Waals surface area contributed by atoms with Gasteiger partial charge in [0.15, 0.2) is 5.78 Å². The molecule has 0 saturated carbocycles. The van der Waals surface area contributed by atoms with E-state index in [0.717, 1.165) is 11.1 Å². The van der Waals surface area contributed by atoms with Crippen LogP contribution in [0.3, 0.4) is 0 Å². The molecule has 0 spiro atoms. The first-order valence-electron chi connectivity index (χ1n) is 6.92. The molecular weight excluding hydrogens is 246 g/mol. The third-order valence-corrected chi connectivity index (χ3v) is 3.80. The van der Waals surface area contributed by atoms with E-state index in [-0.39, 0.29) is 17.7 Å². The van der Waals surface area contributed by atoms with Crippen molar-refractivity contribution in [2.45, 2.75) is 18.9 Å². The molecule has 104 valence electrons. The first-order chi connectivity index (χ1) is 9.61. The van der Waals surface area contributed by atoms with Crippen LogP contribution in [0.1, 0.15) is 28.8 Å². The number of hydrogen-bond acceptors (Lipinski definition) is 2. The van der Waals surface area contributed by atoms with E-state index in [4.69, 9.17) is 0 Å². The number of ketones is 1. The Morgan fingerprint density at radius 1 is 0.900 bits per heavy atom. The van der Waals surface area contributed by atoms with Gasteiger partial charge in [-0.25, -0.2) is 0 Å². The van der Waals surface area contributed by atoms with Gasteiger partial charge in [0.2, 0.25) is 0 Å². The van der Waals surface area contributed by atoms with Gasteiger partial charge in [-0.15, -0.1) is 0 Å². The maximum absolute atomic E-state index is 12.9. The topological polar surface area (TPSA) is 20.3 Å². The molecule has 2 aromatic carbocycles. The molecule has 0 aliphatic rings. The van der Waals surface area contributed by atoms with Gasteiger partial charge in [0.1, 0.15) is 0 Å². The fourth-order valence-corrected chi connectivity index (χ4v) is 2.39. The average molecular weight is 267 g/mol. The SMILES string of the molecule is C[C@@H]([C@H](C(=O)c1ccccc1)c1ccccc1)N(C)C. The van der Waals surface area contributed by atoms with Crippen molar-refractivity contribution >= 4 is 5.78 Å². The van der Waals surface area contributed by atoms with Crippen molar-refractivity contribution in [2.75, 3.05) is 14.1 Å². The molecule has 2 nitrogen and oxygen atoms in total. The molecule has 0 heterocycles. The second kappa shape index (κ2) is 6.49. The normalized spacial score (nSPS) is 14.0. The third kappa shape index (κ3) is 3.14. The minimum Gasteiger partial charge on any atom is -0.306 e. The van der Waals surface area contributed by atoms with Crippen LogP contribution in [0.2, 0.25) is 0 Å². The molecule has 20 heavy (non-hydrogen) atoms. The number of hydrogen-bond donors (Lipinski definition) is 0. The second-order valence-corrected chi connectivity index (χ2v) is 5.32. The molecule has 0 aliphatic heterocycles. The zero-order valence-electron chi connectivity index (χ0n) is 12.3. The number of nitrogens with zero attached hydrogens (tertiary/aromatic N) is 1. The van der Waals surface area contributed by atoms with Crippen molar-refractivity contribution in [1.82, 2.24) is 4.90 Å². The second-order valence-electron chi connectivity index (χ2n) is 5.32. The van der Waals surface area contributed by atoms with Crippen LogP contribution >= 0.6 is 0 Å². The van der Waals surface area contributed by atoms with Crippen molar-refractivity contribution in [1.29, 1.82) is 0 Å². The predicted molar refractivity (Wildman–Crippen MR) is 83.1 cm³/mol. The highest BCUT2D eigenvalue weighted by Gasteiger charge is 2.28. The van der Waals surface area contributed by atoms with Gasteiger partial charge < -0.3 is 4.90 Å². The molecular formula is C18H21NO. The van der Waals surface area contributed by atoms with E-state index in [1.165, 1.54) is 0 Å². The van der Waals surface area contributed by atoms with E-state index in [0.29, 0.717) is 0 Å². The van der Waals surface area contributed by atoms with E-state index in [1.54, 1.807) is 0 Å². The molecule has 2 aromatic rings. The number of carbonyl (C=O) groups excluding carboxylic acids is 1. The lowest BCUT2D eigenvalue weighted by atomic mass is 9.85. The predicted octanol–water partition coefficient (Wildman–Crippen LogP) is 3.60. The monoisotopic (exact) mass is 267 g/mol. The summed E-state index contributed by atoms with van der Waals surface area (Å²) < 4.78 is 0. The van der Waals surface area contributed by atoms with Crippen LogP contribution in [-0.2, 0) is 0 Å². The van der Waals surface area contributed by atoms with Crippen LogP contribution in [0.5, 0.6) is 0 Å². The quantitative estimate of drug-likeness (QED) is 0.771. The van der Waals surface area contributed by atoms with Gasteiger partial charge in [0, 0.05) is 11.6 Å². The molecule has 0 saturated heterocycles. The lowest BCUT2D eigenvalue weighted by Crippen LogP contribution is -2.35. The van der Waals surface area contributed by atoms with Crippen molar-refractivity contribution in [2.24, 2.45) is 0 Å². The standard InChI is InChI=1S/C18H21NO/c1-14(19(2)3)17(15-10-6-4-7-11-15)18(20)16-12-8-5-9-13-16/h4-14,17H,1-3H3/t14-,17-/m0/s1. The van der Waals surface area contributed by atoms with Crippen molar-refractivity contribution in [3.63, 3.8) is 0 Å². The minimum atomic E-state index is -0.145. The van der Waals surface area contributed by atoms with Gasteiger partial charge in [-0.3, -0.25) is 4.79 Å². The summed E-state index contributed by atoms with van der Waals surface area (Å²) in [6.07, 6.45) is 0. The molecule has 0 amide bonds. The van der Waals surface area contributed by atoms with Gasteiger partial charge in [-0.1, -0.05) is 60.7 Å². The lowest BCUT2D eigenvalue weighted by molar-refractivity contribution is 0.0913. The molecule has 2 rings (SSSR count). The zero-order valence-corrected chi connectivity index (χ0v) is 12.3. The Balaban J connectivity index is 2.40. The van der Waals surface area contributed by atoms with Gasteiger partial charge >= 0.3 is 0 Å². The summed E-state index contributed by atoms with van der Waals surface area (Å²) in [4.78, 5) is 15.0. The summed E-state index contributed by atoms with van der Waals surface area (Å²) in [5.74, 6) is 0.0339. The number of Topliss-reactive ketones (excluding diaryl/α,β-unsaturated/α-hetero) is 1. The summed E-state index contributed by atoms with van der Waals surface area (Å²) in [6, 6.07) is 19.7. The Bertz CT molecular complexity index is 548. The van der Waals surface area contributed by atoms with E-state index in [9.17, 15) is 4.79 Å². The maximum Gasteiger partial charge on any atom is 0.171 e. The number of benzene rings is 2. The fraction of sp³-hybridized carbons (Fsp3) is 0.278. The van der Waals surface area contributed by atoms with Gasteiger partial charge in [0.05, 0.1) is 5.92 Å². The smallest absolute Gasteiger partial charge is 0.171 e. The zero-order chi connectivity index (χ0) is 14.5. The molecule has 0 bridgehead atoms. The van der Waals surface area contributed by atoms with E-state index < -0.39 is 0 Å². The Morgan fingerprint density at radius 2 is 1.40 bits per heavy atom.